The number of alkyl halides is 3. The van der Waals surface area contributed by atoms with E-state index in [9.17, 15) is 8.78 Å². The summed E-state index contributed by atoms with van der Waals surface area (Å²) in [6.07, 6.45) is 1.89. The molecule has 1 aliphatic carbocycles. The molecule has 0 amide bonds. The third kappa shape index (κ3) is 6.24. The fourth-order valence-corrected chi connectivity index (χ4v) is 1.88. The topological polar surface area (TPSA) is 26.0 Å². The summed E-state index contributed by atoms with van der Waals surface area (Å²) in [7, 11) is 0. The van der Waals surface area contributed by atoms with Crippen LogP contribution in [0.15, 0.2) is 18.2 Å². The Kier molecular flexibility index (Phi) is 8.00. The predicted octanol–water partition coefficient (Wildman–Crippen LogP) is 5.05. The first-order chi connectivity index (χ1) is 8.48. The van der Waals surface area contributed by atoms with Gasteiger partial charge >= 0.3 is 0 Å². The average Bonchev–Trinajstić information content (AvgIpc) is 2.49. The van der Waals surface area contributed by atoms with Crippen LogP contribution in [0.5, 0.6) is 0 Å². The van der Waals surface area contributed by atoms with Crippen LogP contribution in [-0.2, 0) is 12.8 Å². The normalized spacial score (nSPS) is 16.2. The molecule has 0 saturated heterocycles. The first-order valence-corrected chi connectivity index (χ1v) is 6.83. The highest BCUT2D eigenvalue weighted by Crippen LogP contribution is 2.32. The summed E-state index contributed by atoms with van der Waals surface area (Å²) < 4.78 is 26.2. The number of halogens is 3. The number of nitrogen functional groups attached to an aromatic ring is 1. The summed E-state index contributed by atoms with van der Waals surface area (Å²) in [5.41, 5.74) is 8.29. The zero-order valence-corrected chi connectivity index (χ0v) is 11.4. The smallest absolute Gasteiger partial charge is 0.248 e. The van der Waals surface area contributed by atoms with Crippen molar-refractivity contribution in [3.63, 3.8) is 0 Å². The van der Waals surface area contributed by atoms with Gasteiger partial charge in [0.05, 0.1) is 0 Å². The van der Waals surface area contributed by atoms with Crippen molar-refractivity contribution < 1.29 is 8.78 Å². The minimum Gasteiger partial charge on any atom is -0.399 e. The highest BCUT2D eigenvalue weighted by Gasteiger charge is 2.31. The Hall–Kier alpha value is -0.830. The SMILES string of the molecule is C.CCCCl.Nc1ccc2c(c1)CCC(F)(F)CC2. The number of nitrogens with two attached hydrogens (primary N) is 1. The summed E-state index contributed by atoms with van der Waals surface area (Å²) in [6, 6.07) is 5.46. The fourth-order valence-electron chi connectivity index (χ4n) is 1.88. The molecule has 0 saturated carbocycles. The minimum atomic E-state index is -2.51. The molecule has 0 radical (unpaired) electrons. The molecular weight excluding hydrogens is 268 g/mol. The number of hydrogen-bond acceptors (Lipinski definition) is 1. The number of hydrogen-bond donors (Lipinski definition) is 1. The van der Waals surface area contributed by atoms with Crippen LogP contribution in [0.3, 0.4) is 0 Å². The van der Waals surface area contributed by atoms with E-state index in [1.165, 1.54) is 0 Å². The van der Waals surface area contributed by atoms with E-state index >= 15 is 0 Å². The standard InChI is InChI=1S/C11H13F2N.C3H7Cl.CH4/c12-11(13)5-3-8-1-2-10(14)7-9(8)4-6-11;1-2-3-4;/h1-2,7H,3-6,14H2;2-3H2,1H3;1H4. The quantitative estimate of drug-likeness (QED) is 0.437. The minimum absolute atomic E-state index is 0. The van der Waals surface area contributed by atoms with Gasteiger partial charge in [-0.25, -0.2) is 8.78 Å². The highest BCUT2D eigenvalue weighted by molar-refractivity contribution is 6.17. The molecule has 0 unspecified atom stereocenters. The van der Waals surface area contributed by atoms with E-state index in [2.05, 4.69) is 0 Å². The van der Waals surface area contributed by atoms with Gasteiger partial charge in [0.2, 0.25) is 5.92 Å². The van der Waals surface area contributed by atoms with Crippen molar-refractivity contribution >= 4 is 17.3 Å². The van der Waals surface area contributed by atoms with Crippen molar-refractivity contribution in [3.8, 4) is 0 Å². The predicted molar refractivity (Wildman–Crippen MR) is 80.2 cm³/mol. The van der Waals surface area contributed by atoms with Crippen molar-refractivity contribution in [2.45, 2.75) is 52.4 Å². The zero-order chi connectivity index (χ0) is 13.6. The average molecular weight is 292 g/mol. The second-order valence-electron chi connectivity index (χ2n) is 4.57. The van der Waals surface area contributed by atoms with Crippen molar-refractivity contribution in [1.29, 1.82) is 0 Å². The Morgan fingerprint density at radius 1 is 1.21 bits per heavy atom. The van der Waals surface area contributed by atoms with Gasteiger partial charge in [-0.05, 0) is 42.5 Å². The Morgan fingerprint density at radius 2 is 1.74 bits per heavy atom. The number of aryl methyl sites for hydroxylation is 2. The molecule has 2 rings (SSSR count). The van der Waals surface area contributed by atoms with E-state index in [-0.39, 0.29) is 20.3 Å². The molecule has 0 aromatic heterocycles. The lowest BCUT2D eigenvalue weighted by molar-refractivity contribution is -0.0130. The highest BCUT2D eigenvalue weighted by atomic mass is 35.5. The molecule has 0 bridgehead atoms. The summed E-state index contributed by atoms with van der Waals surface area (Å²) >= 11 is 5.19. The molecule has 4 heteroatoms. The molecule has 1 aromatic rings. The lowest BCUT2D eigenvalue weighted by Crippen LogP contribution is -2.15. The summed E-state index contributed by atoms with van der Waals surface area (Å²) in [5.74, 6) is -1.71. The van der Waals surface area contributed by atoms with Crippen molar-refractivity contribution in [2.75, 3.05) is 11.6 Å². The summed E-state index contributed by atoms with van der Waals surface area (Å²) in [6.45, 7) is 2.05. The Balaban J connectivity index is 0.000000576. The van der Waals surface area contributed by atoms with E-state index in [0.29, 0.717) is 18.5 Å². The molecule has 110 valence electrons. The Morgan fingerprint density at radius 3 is 2.26 bits per heavy atom. The van der Waals surface area contributed by atoms with E-state index < -0.39 is 5.92 Å². The van der Waals surface area contributed by atoms with E-state index in [4.69, 9.17) is 17.3 Å². The van der Waals surface area contributed by atoms with Crippen molar-refractivity contribution in [3.05, 3.63) is 29.3 Å². The fraction of sp³-hybridized carbons (Fsp3) is 0.600. The molecule has 1 aliphatic rings. The molecular formula is C15H24ClF2N. The van der Waals surface area contributed by atoms with Crippen LogP contribution >= 0.6 is 11.6 Å². The molecule has 1 aromatic carbocycles. The zero-order valence-electron chi connectivity index (χ0n) is 10.7. The van der Waals surface area contributed by atoms with Gasteiger partial charge < -0.3 is 5.73 Å². The maximum atomic E-state index is 13.1. The van der Waals surface area contributed by atoms with Gasteiger partial charge in [-0.15, -0.1) is 11.6 Å². The lowest BCUT2D eigenvalue weighted by Gasteiger charge is -2.11. The summed E-state index contributed by atoms with van der Waals surface area (Å²) in [4.78, 5) is 0. The molecule has 19 heavy (non-hydrogen) atoms. The van der Waals surface area contributed by atoms with Crippen LogP contribution in [0, 0.1) is 0 Å². The van der Waals surface area contributed by atoms with Gasteiger partial charge in [-0.3, -0.25) is 0 Å². The summed E-state index contributed by atoms with van der Waals surface area (Å²) in [5, 5.41) is 0. The molecule has 0 fully saturated rings. The molecule has 0 spiro atoms. The lowest BCUT2D eigenvalue weighted by atomic mass is 10.0. The second-order valence-corrected chi connectivity index (χ2v) is 4.95. The first kappa shape index (κ1) is 18.2. The molecule has 1 nitrogen and oxygen atoms in total. The van der Waals surface area contributed by atoms with Crippen LogP contribution in [0.4, 0.5) is 14.5 Å². The monoisotopic (exact) mass is 291 g/mol. The van der Waals surface area contributed by atoms with E-state index in [1.807, 2.05) is 19.1 Å². The van der Waals surface area contributed by atoms with Crippen LogP contribution < -0.4 is 5.73 Å². The van der Waals surface area contributed by atoms with Crippen LogP contribution in [0.1, 0.15) is 44.7 Å². The number of benzene rings is 1. The number of rotatable bonds is 1. The van der Waals surface area contributed by atoms with E-state index in [1.54, 1.807) is 6.07 Å². The largest absolute Gasteiger partial charge is 0.399 e. The Bertz CT molecular complexity index is 378. The van der Waals surface area contributed by atoms with Crippen LogP contribution in [-0.4, -0.2) is 11.8 Å². The second kappa shape index (κ2) is 8.36. The van der Waals surface area contributed by atoms with Crippen molar-refractivity contribution in [2.24, 2.45) is 0 Å². The number of fused-ring (bicyclic) bond motifs is 1. The van der Waals surface area contributed by atoms with Gasteiger partial charge in [0.15, 0.2) is 0 Å². The maximum absolute atomic E-state index is 13.1. The van der Waals surface area contributed by atoms with Crippen molar-refractivity contribution in [1.82, 2.24) is 0 Å². The van der Waals surface area contributed by atoms with Gasteiger partial charge in [0.25, 0.3) is 0 Å². The third-order valence-corrected chi connectivity index (χ3v) is 3.32. The third-order valence-electron chi connectivity index (χ3n) is 2.94. The Labute approximate surface area is 120 Å². The molecule has 0 aliphatic heterocycles. The van der Waals surface area contributed by atoms with Gasteiger partial charge in [0, 0.05) is 24.4 Å². The van der Waals surface area contributed by atoms with E-state index in [0.717, 1.165) is 23.4 Å². The maximum Gasteiger partial charge on any atom is 0.248 e. The number of anilines is 1. The molecule has 2 N–H and O–H groups in total. The van der Waals surface area contributed by atoms with Crippen LogP contribution in [0.25, 0.3) is 0 Å². The molecule has 0 atom stereocenters. The van der Waals surface area contributed by atoms with Gasteiger partial charge in [0.1, 0.15) is 0 Å². The van der Waals surface area contributed by atoms with Gasteiger partial charge in [-0.2, -0.15) is 0 Å². The van der Waals surface area contributed by atoms with Gasteiger partial charge in [-0.1, -0.05) is 20.4 Å². The first-order valence-electron chi connectivity index (χ1n) is 6.29. The molecule has 0 heterocycles. The van der Waals surface area contributed by atoms with Crippen LogP contribution in [0.2, 0.25) is 0 Å².